The first-order valence-electron chi connectivity index (χ1n) is 6.33. The topological polar surface area (TPSA) is 68.0 Å². The van der Waals surface area contributed by atoms with E-state index < -0.39 is 0 Å². The molecule has 5 nitrogen and oxygen atoms in total. The number of pyridine rings is 1. The average molecular weight is 267 g/mol. The summed E-state index contributed by atoms with van der Waals surface area (Å²) in [7, 11) is 0. The predicted molar refractivity (Wildman–Crippen MR) is 75.2 cm³/mol. The summed E-state index contributed by atoms with van der Waals surface area (Å²) in [5.74, 6) is -0.0637. The molecule has 3 aromatic rings. The van der Waals surface area contributed by atoms with Crippen molar-refractivity contribution in [3.8, 4) is 0 Å². The number of para-hydroxylation sites is 1. The van der Waals surface area contributed by atoms with Crippen molar-refractivity contribution in [2.45, 2.75) is 12.8 Å². The van der Waals surface area contributed by atoms with E-state index in [-0.39, 0.29) is 5.91 Å². The van der Waals surface area contributed by atoms with Gasteiger partial charge in [-0.1, -0.05) is 18.2 Å². The first kappa shape index (κ1) is 12.3. The highest BCUT2D eigenvalue weighted by Gasteiger charge is 2.07. The molecule has 0 aliphatic carbocycles. The van der Waals surface area contributed by atoms with Crippen LogP contribution in [0.3, 0.4) is 0 Å². The number of rotatable bonds is 4. The molecule has 0 unspecified atom stereocenters. The highest BCUT2D eigenvalue weighted by Crippen LogP contribution is 2.20. The van der Waals surface area contributed by atoms with Gasteiger partial charge in [0.1, 0.15) is 6.26 Å². The Balaban J connectivity index is 1.71. The zero-order chi connectivity index (χ0) is 13.8. The number of benzene rings is 1. The molecule has 20 heavy (non-hydrogen) atoms. The number of nitrogens with zero attached hydrogens (tertiary/aromatic N) is 2. The van der Waals surface area contributed by atoms with Crippen LogP contribution in [-0.2, 0) is 11.2 Å². The molecule has 2 aromatic heterocycles. The maximum atomic E-state index is 12.0. The highest BCUT2D eigenvalue weighted by atomic mass is 16.3. The third kappa shape index (κ3) is 2.66. The second-order valence-electron chi connectivity index (χ2n) is 4.41. The molecule has 0 saturated heterocycles. The van der Waals surface area contributed by atoms with Crippen molar-refractivity contribution in [1.82, 2.24) is 9.97 Å². The highest BCUT2D eigenvalue weighted by molar-refractivity contribution is 6.00. The lowest BCUT2D eigenvalue weighted by Crippen LogP contribution is -2.12. The van der Waals surface area contributed by atoms with Gasteiger partial charge in [-0.15, -0.1) is 0 Å². The number of amides is 1. The van der Waals surface area contributed by atoms with Crippen LogP contribution < -0.4 is 5.32 Å². The van der Waals surface area contributed by atoms with Gasteiger partial charge in [0.25, 0.3) is 0 Å². The number of aromatic nitrogens is 2. The summed E-state index contributed by atoms with van der Waals surface area (Å²) in [6, 6.07) is 9.56. The Hall–Kier alpha value is -2.69. The molecule has 0 aliphatic rings. The summed E-state index contributed by atoms with van der Waals surface area (Å²) in [6.45, 7) is 0. The Morgan fingerprint density at radius 3 is 2.95 bits per heavy atom. The lowest BCUT2D eigenvalue weighted by molar-refractivity contribution is -0.116. The van der Waals surface area contributed by atoms with Crippen LogP contribution in [0.4, 0.5) is 5.69 Å². The van der Waals surface area contributed by atoms with Gasteiger partial charge in [-0.3, -0.25) is 9.78 Å². The molecule has 2 heterocycles. The number of aryl methyl sites for hydroxylation is 1. The fourth-order valence-electron chi connectivity index (χ4n) is 2.02. The van der Waals surface area contributed by atoms with E-state index in [1.165, 1.54) is 6.39 Å². The number of anilines is 1. The quantitative estimate of drug-likeness (QED) is 0.789. The fraction of sp³-hybridized carbons (Fsp3) is 0.133. The Morgan fingerprint density at radius 1 is 1.20 bits per heavy atom. The number of carbonyl (C=O) groups excluding carboxylic acids is 1. The first-order valence-corrected chi connectivity index (χ1v) is 6.33. The zero-order valence-electron chi connectivity index (χ0n) is 10.7. The minimum absolute atomic E-state index is 0.0637. The Morgan fingerprint density at radius 2 is 2.10 bits per heavy atom. The number of fused-ring (bicyclic) bond motifs is 1. The number of carbonyl (C=O) groups is 1. The number of hydrogen-bond acceptors (Lipinski definition) is 4. The molecule has 0 atom stereocenters. The molecule has 0 radical (unpaired) electrons. The molecular formula is C15H13N3O2. The summed E-state index contributed by atoms with van der Waals surface area (Å²) in [6.07, 6.45) is 5.54. The zero-order valence-corrected chi connectivity index (χ0v) is 10.7. The van der Waals surface area contributed by atoms with Gasteiger partial charge in [0, 0.05) is 24.4 Å². The van der Waals surface area contributed by atoms with Crippen molar-refractivity contribution in [2.75, 3.05) is 5.32 Å². The molecule has 1 amide bonds. The second-order valence-corrected chi connectivity index (χ2v) is 4.41. The molecule has 3 rings (SSSR count). The maximum Gasteiger partial charge on any atom is 0.224 e. The largest absolute Gasteiger partial charge is 0.451 e. The van der Waals surface area contributed by atoms with Crippen LogP contribution in [0.2, 0.25) is 0 Å². The van der Waals surface area contributed by atoms with Gasteiger partial charge < -0.3 is 9.73 Å². The van der Waals surface area contributed by atoms with Gasteiger partial charge >= 0.3 is 0 Å². The Kier molecular flexibility index (Phi) is 3.41. The molecule has 0 saturated carbocycles. The van der Waals surface area contributed by atoms with Gasteiger partial charge in [0.2, 0.25) is 5.91 Å². The van der Waals surface area contributed by atoms with Crippen LogP contribution in [0.1, 0.15) is 12.1 Å². The van der Waals surface area contributed by atoms with Crippen molar-refractivity contribution >= 4 is 22.5 Å². The van der Waals surface area contributed by atoms with E-state index in [4.69, 9.17) is 4.42 Å². The summed E-state index contributed by atoms with van der Waals surface area (Å²) >= 11 is 0. The molecule has 0 spiro atoms. The van der Waals surface area contributed by atoms with E-state index in [0.29, 0.717) is 12.8 Å². The van der Waals surface area contributed by atoms with Gasteiger partial charge in [-0.25, -0.2) is 4.98 Å². The molecular weight excluding hydrogens is 254 g/mol. The normalized spacial score (nSPS) is 10.6. The molecule has 1 aromatic carbocycles. The monoisotopic (exact) mass is 267 g/mol. The van der Waals surface area contributed by atoms with E-state index in [1.807, 2.05) is 30.3 Å². The molecule has 5 heteroatoms. The molecule has 1 N–H and O–H groups in total. The molecule has 0 fully saturated rings. The fourth-order valence-corrected chi connectivity index (χ4v) is 2.02. The Labute approximate surface area is 115 Å². The smallest absolute Gasteiger partial charge is 0.224 e. The lowest BCUT2D eigenvalue weighted by atomic mass is 10.2. The summed E-state index contributed by atoms with van der Waals surface area (Å²) in [4.78, 5) is 20.2. The second kappa shape index (κ2) is 5.52. The third-order valence-electron chi connectivity index (χ3n) is 3.00. The predicted octanol–water partition coefficient (Wildman–Crippen LogP) is 2.79. The number of nitrogens with one attached hydrogen (secondary N) is 1. The van der Waals surface area contributed by atoms with Crippen LogP contribution in [0.25, 0.3) is 10.9 Å². The van der Waals surface area contributed by atoms with E-state index in [9.17, 15) is 4.79 Å². The van der Waals surface area contributed by atoms with Crippen molar-refractivity contribution in [3.63, 3.8) is 0 Å². The number of hydrogen-bond donors (Lipinski definition) is 1. The average Bonchev–Trinajstić information content (AvgIpc) is 2.99. The van der Waals surface area contributed by atoms with Gasteiger partial charge in [0.05, 0.1) is 16.9 Å². The van der Waals surface area contributed by atoms with E-state index in [2.05, 4.69) is 15.3 Å². The third-order valence-corrected chi connectivity index (χ3v) is 3.00. The number of oxazole rings is 1. The minimum atomic E-state index is -0.0637. The van der Waals surface area contributed by atoms with Crippen LogP contribution in [0.5, 0.6) is 0 Å². The van der Waals surface area contributed by atoms with Crippen molar-refractivity contribution < 1.29 is 9.21 Å². The summed E-state index contributed by atoms with van der Waals surface area (Å²) in [5, 5.41) is 3.89. The SMILES string of the molecule is O=C(CCc1cocn1)Nc1cccc2cccnc12. The van der Waals surface area contributed by atoms with Crippen molar-refractivity contribution in [2.24, 2.45) is 0 Å². The standard InChI is InChI=1S/C15H13N3O2/c19-14(7-6-12-9-20-10-17-12)18-13-5-1-3-11-4-2-8-16-15(11)13/h1-5,8-10H,6-7H2,(H,18,19). The molecule has 100 valence electrons. The van der Waals surface area contributed by atoms with Crippen LogP contribution in [0.15, 0.2) is 53.6 Å². The van der Waals surface area contributed by atoms with Crippen LogP contribution in [-0.4, -0.2) is 15.9 Å². The summed E-state index contributed by atoms with van der Waals surface area (Å²) in [5.41, 5.74) is 2.30. The van der Waals surface area contributed by atoms with E-state index in [1.54, 1.807) is 12.5 Å². The van der Waals surface area contributed by atoms with Crippen LogP contribution in [0, 0.1) is 0 Å². The van der Waals surface area contributed by atoms with Crippen molar-refractivity contribution in [3.05, 3.63) is 54.9 Å². The maximum absolute atomic E-state index is 12.0. The van der Waals surface area contributed by atoms with Crippen LogP contribution >= 0.6 is 0 Å². The van der Waals surface area contributed by atoms with Gasteiger partial charge in [-0.05, 0) is 12.1 Å². The summed E-state index contributed by atoms with van der Waals surface area (Å²) < 4.78 is 4.87. The van der Waals surface area contributed by atoms with Crippen molar-refractivity contribution in [1.29, 1.82) is 0 Å². The minimum Gasteiger partial charge on any atom is -0.451 e. The first-order chi connectivity index (χ1) is 9.83. The molecule has 0 aliphatic heterocycles. The van der Waals surface area contributed by atoms with E-state index >= 15 is 0 Å². The van der Waals surface area contributed by atoms with Gasteiger partial charge in [0.15, 0.2) is 6.39 Å². The Bertz CT molecular complexity index is 718. The molecule has 0 bridgehead atoms. The van der Waals surface area contributed by atoms with E-state index in [0.717, 1.165) is 22.3 Å². The lowest BCUT2D eigenvalue weighted by Gasteiger charge is -2.07. The van der Waals surface area contributed by atoms with Gasteiger partial charge in [-0.2, -0.15) is 0 Å².